The molecule has 0 aliphatic heterocycles. The number of fused-ring (bicyclic) bond motifs is 1. The summed E-state index contributed by atoms with van der Waals surface area (Å²) >= 11 is 1.29. The van der Waals surface area contributed by atoms with Crippen LogP contribution >= 0.6 is 11.3 Å². The van der Waals surface area contributed by atoms with Gasteiger partial charge < -0.3 is 11.1 Å². The van der Waals surface area contributed by atoms with E-state index in [9.17, 15) is 4.79 Å². The SMILES string of the molecule is Nc1nc(C(=O)NC2CCCc3ccccc32)cs1. The number of benzene rings is 1. The Kier molecular flexibility index (Phi) is 3.21. The van der Waals surface area contributed by atoms with Gasteiger partial charge in [-0.05, 0) is 30.4 Å². The highest BCUT2D eigenvalue weighted by Gasteiger charge is 2.22. The predicted molar refractivity (Wildman–Crippen MR) is 76.1 cm³/mol. The van der Waals surface area contributed by atoms with Crippen molar-refractivity contribution in [3.8, 4) is 0 Å². The molecule has 1 aromatic heterocycles. The molecule has 0 fully saturated rings. The lowest BCUT2D eigenvalue weighted by molar-refractivity contribution is 0.0928. The van der Waals surface area contributed by atoms with Crippen LogP contribution in [0.1, 0.15) is 40.5 Å². The number of nitrogens with two attached hydrogens (primary N) is 1. The van der Waals surface area contributed by atoms with Crippen LogP contribution in [0.2, 0.25) is 0 Å². The van der Waals surface area contributed by atoms with E-state index in [1.165, 1.54) is 22.5 Å². The molecule has 3 N–H and O–H groups in total. The topological polar surface area (TPSA) is 68.0 Å². The smallest absolute Gasteiger partial charge is 0.271 e. The van der Waals surface area contributed by atoms with Crippen LogP contribution in [0.3, 0.4) is 0 Å². The van der Waals surface area contributed by atoms with Crippen molar-refractivity contribution in [2.24, 2.45) is 0 Å². The first-order valence-corrected chi connectivity index (χ1v) is 7.21. The van der Waals surface area contributed by atoms with Gasteiger partial charge in [0.2, 0.25) is 0 Å². The summed E-state index contributed by atoms with van der Waals surface area (Å²) in [6.45, 7) is 0. The standard InChI is InChI=1S/C14H15N3OS/c15-14-17-12(8-19-14)13(18)16-11-7-3-5-9-4-1-2-6-10(9)11/h1-2,4,6,8,11H,3,5,7H2,(H2,15,17)(H,16,18). The molecule has 2 aromatic rings. The minimum absolute atomic E-state index is 0.0837. The molecule has 0 spiro atoms. The third-order valence-corrected chi connectivity index (χ3v) is 4.10. The number of aromatic nitrogens is 1. The molecule has 0 bridgehead atoms. The summed E-state index contributed by atoms with van der Waals surface area (Å²) in [6.07, 6.45) is 3.16. The number of nitrogen functional groups attached to an aromatic ring is 1. The number of thiazole rings is 1. The molecular formula is C14H15N3OS. The lowest BCUT2D eigenvalue weighted by Crippen LogP contribution is -2.31. The first-order chi connectivity index (χ1) is 9.24. The lowest BCUT2D eigenvalue weighted by atomic mass is 9.88. The quantitative estimate of drug-likeness (QED) is 0.883. The second-order valence-electron chi connectivity index (χ2n) is 4.69. The molecule has 98 valence electrons. The lowest BCUT2D eigenvalue weighted by Gasteiger charge is -2.26. The Hall–Kier alpha value is -1.88. The molecule has 1 unspecified atom stereocenters. The van der Waals surface area contributed by atoms with Crippen molar-refractivity contribution in [2.75, 3.05) is 5.73 Å². The Labute approximate surface area is 115 Å². The van der Waals surface area contributed by atoms with E-state index in [0.29, 0.717) is 10.8 Å². The third kappa shape index (κ3) is 2.46. The van der Waals surface area contributed by atoms with Gasteiger partial charge in [-0.3, -0.25) is 4.79 Å². The highest BCUT2D eigenvalue weighted by atomic mass is 32.1. The monoisotopic (exact) mass is 273 g/mol. The van der Waals surface area contributed by atoms with Crippen molar-refractivity contribution in [3.05, 3.63) is 46.5 Å². The number of amides is 1. The maximum absolute atomic E-state index is 12.1. The third-order valence-electron chi connectivity index (χ3n) is 3.43. The summed E-state index contributed by atoms with van der Waals surface area (Å²) in [5.41, 5.74) is 8.52. The van der Waals surface area contributed by atoms with Crippen LogP contribution in [0, 0.1) is 0 Å². The van der Waals surface area contributed by atoms with Crippen molar-refractivity contribution < 1.29 is 4.79 Å². The molecule has 1 aliphatic rings. The van der Waals surface area contributed by atoms with Gasteiger partial charge in [-0.1, -0.05) is 24.3 Å². The molecular weight excluding hydrogens is 258 g/mol. The van der Waals surface area contributed by atoms with Crippen LogP contribution in [0.4, 0.5) is 5.13 Å². The first kappa shape index (κ1) is 12.2. The molecule has 1 amide bonds. The number of anilines is 1. The fourth-order valence-electron chi connectivity index (χ4n) is 2.53. The van der Waals surface area contributed by atoms with E-state index in [2.05, 4.69) is 22.4 Å². The molecule has 1 heterocycles. The van der Waals surface area contributed by atoms with E-state index < -0.39 is 0 Å². The maximum Gasteiger partial charge on any atom is 0.271 e. The van der Waals surface area contributed by atoms with Gasteiger partial charge in [-0.2, -0.15) is 0 Å². The van der Waals surface area contributed by atoms with Crippen LogP contribution in [-0.4, -0.2) is 10.9 Å². The van der Waals surface area contributed by atoms with Crippen LogP contribution in [-0.2, 0) is 6.42 Å². The number of nitrogens with zero attached hydrogens (tertiary/aromatic N) is 1. The second kappa shape index (κ2) is 5.01. The minimum Gasteiger partial charge on any atom is -0.375 e. The van der Waals surface area contributed by atoms with Gasteiger partial charge in [0.15, 0.2) is 5.13 Å². The molecule has 19 heavy (non-hydrogen) atoms. The fourth-order valence-corrected chi connectivity index (χ4v) is 3.07. The van der Waals surface area contributed by atoms with E-state index in [1.807, 2.05) is 12.1 Å². The van der Waals surface area contributed by atoms with E-state index in [4.69, 9.17) is 5.73 Å². The zero-order chi connectivity index (χ0) is 13.2. The summed E-state index contributed by atoms with van der Waals surface area (Å²) < 4.78 is 0. The van der Waals surface area contributed by atoms with E-state index >= 15 is 0 Å². The molecule has 5 heteroatoms. The van der Waals surface area contributed by atoms with Gasteiger partial charge in [0, 0.05) is 5.38 Å². The van der Waals surface area contributed by atoms with Crippen molar-refractivity contribution >= 4 is 22.4 Å². The summed E-state index contributed by atoms with van der Waals surface area (Å²) in [6, 6.07) is 8.37. The normalized spacial score (nSPS) is 17.8. The molecule has 0 saturated carbocycles. The largest absolute Gasteiger partial charge is 0.375 e. The van der Waals surface area contributed by atoms with Crippen molar-refractivity contribution in [3.63, 3.8) is 0 Å². The van der Waals surface area contributed by atoms with Crippen LogP contribution in [0.15, 0.2) is 29.6 Å². The summed E-state index contributed by atoms with van der Waals surface area (Å²) in [5, 5.41) is 5.17. The summed E-state index contributed by atoms with van der Waals surface area (Å²) in [5.74, 6) is -0.144. The summed E-state index contributed by atoms with van der Waals surface area (Å²) in [7, 11) is 0. The number of carbonyl (C=O) groups is 1. The average molecular weight is 273 g/mol. The summed E-state index contributed by atoms with van der Waals surface area (Å²) in [4.78, 5) is 16.1. The second-order valence-corrected chi connectivity index (χ2v) is 5.58. The van der Waals surface area contributed by atoms with Gasteiger partial charge in [0.05, 0.1) is 6.04 Å². The van der Waals surface area contributed by atoms with Crippen molar-refractivity contribution in [1.29, 1.82) is 0 Å². The first-order valence-electron chi connectivity index (χ1n) is 6.34. The molecule has 1 aromatic carbocycles. The number of rotatable bonds is 2. The van der Waals surface area contributed by atoms with Crippen molar-refractivity contribution in [1.82, 2.24) is 10.3 Å². The Bertz CT molecular complexity index is 608. The fraction of sp³-hybridized carbons (Fsp3) is 0.286. The Morgan fingerprint density at radius 1 is 1.42 bits per heavy atom. The Morgan fingerprint density at radius 2 is 2.26 bits per heavy atom. The highest BCUT2D eigenvalue weighted by molar-refractivity contribution is 7.13. The molecule has 1 aliphatic carbocycles. The van der Waals surface area contributed by atoms with Crippen LogP contribution < -0.4 is 11.1 Å². The maximum atomic E-state index is 12.1. The molecule has 4 nitrogen and oxygen atoms in total. The van der Waals surface area contributed by atoms with Gasteiger partial charge in [0.1, 0.15) is 5.69 Å². The van der Waals surface area contributed by atoms with E-state index in [0.717, 1.165) is 19.3 Å². The Morgan fingerprint density at radius 3 is 3.05 bits per heavy atom. The predicted octanol–water partition coefficient (Wildman–Crippen LogP) is 2.53. The van der Waals surface area contributed by atoms with Crippen LogP contribution in [0.25, 0.3) is 0 Å². The Balaban J connectivity index is 1.79. The average Bonchev–Trinajstić information content (AvgIpc) is 2.86. The molecule has 0 saturated heterocycles. The zero-order valence-electron chi connectivity index (χ0n) is 10.4. The van der Waals surface area contributed by atoms with Gasteiger partial charge in [-0.15, -0.1) is 11.3 Å². The number of carbonyl (C=O) groups excluding carboxylic acids is 1. The van der Waals surface area contributed by atoms with Crippen molar-refractivity contribution in [2.45, 2.75) is 25.3 Å². The number of aryl methyl sites for hydroxylation is 1. The molecule has 1 atom stereocenters. The highest BCUT2D eigenvalue weighted by Crippen LogP contribution is 2.29. The number of hydrogen-bond acceptors (Lipinski definition) is 4. The van der Waals surface area contributed by atoms with E-state index in [-0.39, 0.29) is 11.9 Å². The van der Waals surface area contributed by atoms with Crippen LogP contribution in [0.5, 0.6) is 0 Å². The molecule has 3 rings (SSSR count). The number of nitrogens with one attached hydrogen (secondary N) is 1. The van der Waals surface area contributed by atoms with Gasteiger partial charge in [-0.25, -0.2) is 4.98 Å². The zero-order valence-corrected chi connectivity index (χ0v) is 11.2. The van der Waals surface area contributed by atoms with Gasteiger partial charge in [0.25, 0.3) is 5.91 Å². The number of hydrogen-bond donors (Lipinski definition) is 2. The van der Waals surface area contributed by atoms with E-state index in [1.54, 1.807) is 5.38 Å². The van der Waals surface area contributed by atoms with Gasteiger partial charge >= 0.3 is 0 Å². The minimum atomic E-state index is -0.144. The molecule has 0 radical (unpaired) electrons.